The SMILES string of the molecule is CC(C)(C)c1ccc2c(c1)OCC(=O)N2Cc1nc(-c2ccc(Cl)cc2)no1. The van der Waals surface area contributed by atoms with Crippen molar-refractivity contribution in [2.24, 2.45) is 0 Å². The monoisotopic (exact) mass is 397 g/mol. The van der Waals surface area contributed by atoms with Crippen molar-refractivity contribution in [3.05, 3.63) is 58.9 Å². The van der Waals surface area contributed by atoms with Gasteiger partial charge in [0, 0.05) is 10.6 Å². The predicted molar refractivity (Wildman–Crippen MR) is 107 cm³/mol. The van der Waals surface area contributed by atoms with E-state index in [4.69, 9.17) is 20.9 Å². The van der Waals surface area contributed by atoms with Gasteiger partial charge in [0.1, 0.15) is 12.3 Å². The lowest BCUT2D eigenvalue weighted by molar-refractivity contribution is -0.121. The fraction of sp³-hybridized carbons (Fsp3) is 0.286. The predicted octanol–water partition coefficient (Wildman–Crippen LogP) is 4.61. The molecule has 4 rings (SSSR count). The van der Waals surface area contributed by atoms with E-state index in [1.165, 1.54) is 0 Å². The number of rotatable bonds is 3. The molecular weight excluding hydrogens is 378 g/mol. The summed E-state index contributed by atoms with van der Waals surface area (Å²) >= 11 is 5.92. The number of benzene rings is 2. The lowest BCUT2D eigenvalue weighted by Gasteiger charge is -2.30. The zero-order chi connectivity index (χ0) is 19.9. The normalized spacial score (nSPS) is 14.0. The highest BCUT2D eigenvalue weighted by Gasteiger charge is 2.29. The standard InChI is InChI=1S/C21H20ClN3O3/c1-21(2,3)14-6-9-16-17(10-14)27-12-19(26)25(16)11-18-23-20(24-28-18)13-4-7-15(22)8-5-13/h4-10H,11-12H2,1-3H3. The van der Waals surface area contributed by atoms with Crippen LogP contribution in [0.1, 0.15) is 32.2 Å². The van der Waals surface area contributed by atoms with Gasteiger partial charge in [0.2, 0.25) is 11.7 Å². The maximum atomic E-state index is 12.5. The molecule has 1 aliphatic rings. The van der Waals surface area contributed by atoms with E-state index >= 15 is 0 Å². The summed E-state index contributed by atoms with van der Waals surface area (Å²) in [5.41, 5.74) is 2.63. The third kappa shape index (κ3) is 3.60. The average Bonchev–Trinajstić information content (AvgIpc) is 3.12. The number of nitrogens with zero attached hydrogens (tertiary/aromatic N) is 3. The van der Waals surface area contributed by atoms with Crippen molar-refractivity contribution in [3.63, 3.8) is 0 Å². The Morgan fingerprint density at radius 1 is 1.14 bits per heavy atom. The van der Waals surface area contributed by atoms with Crippen molar-refractivity contribution in [2.45, 2.75) is 32.7 Å². The molecule has 3 aromatic rings. The van der Waals surface area contributed by atoms with E-state index in [0.717, 1.165) is 11.1 Å². The molecule has 2 aromatic carbocycles. The van der Waals surface area contributed by atoms with Gasteiger partial charge in [0.05, 0.1) is 5.69 Å². The van der Waals surface area contributed by atoms with Crippen LogP contribution in [0.15, 0.2) is 47.0 Å². The summed E-state index contributed by atoms with van der Waals surface area (Å²) in [4.78, 5) is 18.5. The smallest absolute Gasteiger partial charge is 0.265 e. The number of hydrogen-bond acceptors (Lipinski definition) is 5. The Balaban J connectivity index is 1.60. The minimum atomic E-state index is -0.151. The average molecular weight is 398 g/mol. The molecule has 28 heavy (non-hydrogen) atoms. The number of carbonyl (C=O) groups excluding carboxylic acids is 1. The Morgan fingerprint density at radius 2 is 1.89 bits per heavy atom. The third-order valence-electron chi connectivity index (χ3n) is 4.63. The minimum absolute atomic E-state index is 0.00928. The Kier molecular flexibility index (Phi) is 4.59. The van der Waals surface area contributed by atoms with E-state index in [0.29, 0.717) is 28.2 Å². The summed E-state index contributed by atoms with van der Waals surface area (Å²) in [6.45, 7) is 6.58. The Hall–Kier alpha value is -2.86. The van der Waals surface area contributed by atoms with Crippen molar-refractivity contribution in [2.75, 3.05) is 11.5 Å². The Bertz CT molecular complexity index is 1020. The molecule has 7 heteroatoms. The van der Waals surface area contributed by atoms with Crippen LogP contribution in [-0.4, -0.2) is 22.7 Å². The first-order chi connectivity index (χ1) is 13.3. The summed E-state index contributed by atoms with van der Waals surface area (Å²) in [5, 5.41) is 4.65. The molecule has 0 N–H and O–H groups in total. The van der Waals surface area contributed by atoms with Gasteiger partial charge in [-0.3, -0.25) is 9.69 Å². The van der Waals surface area contributed by atoms with Crippen LogP contribution in [0, 0.1) is 0 Å². The lowest BCUT2D eigenvalue weighted by Crippen LogP contribution is -2.38. The fourth-order valence-corrected chi connectivity index (χ4v) is 3.14. The highest BCUT2D eigenvalue weighted by Crippen LogP contribution is 2.37. The van der Waals surface area contributed by atoms with Gasteiger partial charge in [0.25, 0.3) is 5.91 Å². The maximum Gasteiger partial charge on any atom is 0.265 e. The molecule has 0 saturated carbocycles. The Morgan fingerprint density at radius 3 is 2.61 bits per heavy atom. The molecule has 0 radical (unpaired) electrons. The third-order valence-corrected chi connectivity index (χ3v) is 4.88. The number of aromatic nitrogens is 2. The van der Waals surface area contributed by atoms with Crippen LogP contribution in [0.4, 0.5) is 5.69 Å². The molecule has 6 nitrogen and oxygen atoms in total. The summed E-state index contributed by atoms with van der Waals surface area (Å²) in [5.74, 6) is 1.34. The number of fused-ring (bicyclic) bond motifs is 1. The second kappa shape index (κ2) is 6.95. The molecule has 144 valence electrons. The number of halogens is 1. The van der Waals surface area contributed by atoms with Crippen LogP contribution < -0.4 is 9.64 Å². The van der Waals surface area contributed by atoms with Crippen LogP contribution in [0.2, 0.25) is 5.02 Å². The van der Waals surface area contributed by atoms with Crippen LogP contribution in [0.5, 0.6) is 5.75 Å². The molecule has 1 aliphatic heterocycles. The van der Waals surface area contributed by atoms with Crippen molar-refractivity contribution in [1.82, 2.24) is 10.1 Å². The molecule has 0 fully saturated rings. The number of anilines is 1. The molecule has 1 amide bonds. The van der Waals surface area contributed by atoms with Gasteiger partial charge < -0.3 is 9.26 Å². The Labute approximate surface area is 168 Å². The second-order valence-corrected chi connectivity index (χ2v) is 8.16. The van der Waals surface area contributed by atoms with Crippen molar-refractivity contribution < 1.29 is 14.1 Å². The topological polar surface area (TPSA) is 68.5 Å². The first-order valence-electron chi connectivity index (χ1n) is 8.97. The van der Waals surface area contributed by atoms with Crippen LogP contribution >= 0.6 is 11.6 Å². The molecular formula is C21H20ClN3O3. The number of carbonyl (C=O) groups is 1. The highest BCUT2D eigenvalue weighted by molar-refractivity contribution is 6.30. The van der Waals surface area contributed by atoms with Crippen LogP contribution in [0.25, 0.3) is 11.4 Å². The van der Waals surface area contributed by atoms with E-state index < -0.39 is 0 Å². The first-order valence-corrected chi connectivity index (χ1v) is 9.35. The van der Waals surface area contributed by atoms with Gasteiger partial charge >= 0.3 is 0 Å². The zero-order valence-corrected chi connectivity index (χ0v) is 16.7. The lowest BCUT2D eigenvalue weighted by atomic mass is 9.86. The van der Waals surface area contributed by atoms with Crippen molar-refractivity contribution >= 4 is 23.2 Å². The molecule has 0 saturated heterocycles. The molecule has 0 spiro atoms. The number of ether oxygens (including phenoxy) is 1. The number of hydrogen-bond donors (Lipinski definition) is 0. The highest BCUT2D eigenvalue weighted by atomic mass is 35.5. The molecule has 1 aromatic heterocycles. The zero-order valence-electron chi connectivity index (χ0n) is 15.9. The second-order valence-electron chi connectivity index (χ2n) is 7.72. The van der Waals surface area contributed by atoms with Crippen LogP contribution in [0.3, 0.4) is 0 Å². The van der Waals surface area contributed by atoms with Gasteiger partial charge in [0.15, 0.2) is 6.61 Å². The van der Waals surface area contributed by atoms with Gasteiger partial charge in [-0.2, -0.15) is 4.98 Å². The summed E-state index contributed by atoms with van der Waals surface area (Å²) < 4.78 is 11.0. The maximum absolute atomic E-state index is 12.5. The van der Waals surface area contributed by atoms with Crippen molar-refractivity contribution in [1.29, 1.82) is 0 Å². The van der Waals surface area contributed by atoms with E-state index in [9.17, 15) is 4.79 Å². The molecule has 0 aliphatic carbocycles. The van der Waals surface area contributed by atoms with Gasteiger partial charge in [-0.05, 0) is 47.4 Å². The van der Waals surface area contributed by atoms with Gasteiger partial charge in [-0.15, -0.1) is 0 Å². The molecule has 2 heterocycles. The van der Waals surface area contributed by atoms with Crippen LogP contribution in [-0.2, 0) is 16.8 Å². The number of amides is 1. The minimum Gasteiger partial charge on any atom is -0.482 e. The largest absolute Gasteiger partial charge is 0.482 e. The fourth-order valence-electron chi connectivity index (χ4n) is 3.01. The van der Waals surface area contributed by atoms with Gasteiger partial charge in [-0.25, -0.2) is 0 Å². The molecule has 0 unspecified atom stereocenters. The first kappa shape index (κ1) is 18.5. The summed E-state index contributed by atoms with van der Waals surface area (Å²) in [7, 11) is 0. The van der Waals surface area contributed by atoms with Crippen molar-refractivity contribution in [3.8, 4) is 17.1 Å². The molecule has 0 atom stereocenters. The van der Waals surface area contributed by atoms with E-state index in [2.05, 4.69) is 30.9 Å². The van der Waals surface area contributed by atoms with E-state index in [1.807, 2.05) is 30.3 Å². The quantitative estimate of drug-likeness (QED) is 0.645. The van der Waals surface area contributed by atoms with E-state index in [1.54, 1.807) is 17.0 Å². The molecule has 0 bridgehead atoms. The van der Waals surface area contributed by atoms with Gasteiger partial charge in [-0.1, -0.05) is 43.6 Å². The summed E-state index contributed by atoms with van der Waals surface area (Å²) in [6, 6.07) is 13.1. The van der Waals surface area contributed by atoms with E-state index in [-0.39, 0.29) is 24.5 Å². The summed E-state index contributed by atoms with van der Waals surface area (Å²) in [6.07, 6.45) is 0.